The number of ether oxygens (including phenoxy) is 1. The first-order valence-corrected chi connectivity index (χ1v) is 5.31. The summed E-state index contributed by atoms with van der Waals surface area (Å²) in [5.74, 6) is -0.719. The zero-order chi connectivity index (χ0) is 11.7. The molecule has 0 aromatic heterocycles. The first kappa shape index (κ1) is 11.2. The summed E-state index contributed by atoms with van der Waals surface area (Å²) in [5, 5.41) is 0.451. The van der Waals surface area contributed by atoms with Crippen molar-refractivity contribution in [3.63, 3.8) is 0 Å². The molecule has 1 atom stereocenters. The number of nitrogens with zero attached hydrogens (tertiary/aromatic N) is 1. The van der Waals surface area contributed by atoms with E-state index in [0.29, 0.717) is 23.7 Å². The molecule has 0 saturated carbocycles. The minimum Gasteiger partial charge on any atom is -0.467 e. The summed E-state index contributed by atoms with van der Waals surface area (Å²) in [7, 11) is 1.33. The van der Waals surface area contributed by atoms with E-state index in [2.05, 4.69) is 4.74 Å². The van der Waals surface area contributed by atoms with Gasteiger partial charge in [0.1, 0.15) is 11.9 Å². The van der Waals surface area contributed by atoms with Crippen molar-refractivity contribution >= 4 is 23.3 Å². The van der Waals surface area contributed by atoms with Crippen LogP contribution in [-0.2, 0) is 9.53 Å². The SMILES string of the molecule is COC(=O)C1CCN1c1cc(Cl)ccc1F. The van der Waals surface area contributed by atoms with Crippen molar-refractivity contribution in [1.82, 2.24) is 0 Å². The van der Waals surface area contributed by atoms with Gasteiger partial charge in [-0.25, -0.2) is 9.18 Å². The molecular weight excluding hydrogens is 233 g/mol. The molecule has 0 spiro atoms. The van der Waals surface area contributed by atoms with Gasteiger partial charge in [-0.05, 0) is 24.6 Å². The number of halogens is 2. The molecule has 1 aromatic carbocycles. The molecule has 0 radical (unpaired) electrons. The van der Waals surface area contributed by atoms with E-state index in [1.807, 2.05) is 0 Å². The zero-order valence-electron chi connectivity index (χ0n) is 8.74. The first-order valence-electron chi connectivity index (χ1n) is 4.93. The van der Waals surface area contributed by atoms with Gasteiger partial charge in [0.05, 0.1) is 12.8 Å². The van der Waals surface area contributed by atoms with E-state index in [9.17, 15) is 9.18 Å². The molecule has 2 rings (SSSR count). The lowest BCUT2D eigenvalue weighted by molar-refractivity contribution is -0.143. The van der Waals surface area contributed by atoms with Crippen LogP contribution in [-0.4, -0.2) is 25.7 Å². The van der Waals surface area contributed by atoms with E-state index in [-0.39, 0.29) is 11.8 Å². The lowest BCUT2D eigenvalue weighted by Gasteiger charge is -2.40. The van der Waals surface area contributed by atoms with Crippen molar-refractivity contribution < 1.29 is 13.9 Å². The number of carbonyl (C=O) groups is 1. The minimum atomic E-state index is -0.391. The van der Waals surface area contributed by atoms with Crippen molar-refractivity contribution in [1.29, 1.82) is 0 Å². The molecule has 0 N–H and O–H groups in total. The van der Waals surface area contributed by atoms with Crippen LogP contribution in [0.25, 0.3) is 0 Å². The Morgan fingerprint density at radius 2 is 2.38 bits per heavy atom. The minimum absolute atomic E-state index is 0.342. The van der Waals surface area contributed by atoms with Crippen LogP contribution in [0.3, 0.4) is 0 Å². The molecule has 5 heteroatoms. The fourth-order valence-electron chi connectivity index (χ4n) is 1.76. The smallest absolute Gasteiger partial charge is 0.328 e. The third-order valence-electron chi connectivity index (χ3n) is 2.71. The standard InChI is InChI=1S/C11H11ClFNO2/c1-16-11(15)9-4-5-14(9)10-6-7(12)2-3-8(10)13/h2-3,6,9H,4-5H2,1H3. The van der Waals surface area contributed by atoms with Gasteiger partial charge in [0.15, 0.2) is 0 Å². The second kappa shape index (κ2) is 4.29. The normalized spacial score (nSPS) is 19.2. The molecule has 0 amide bonds. The zero-order valence-corrected chi connectivity index (χ0v) is 9.50. The predicted octanol–water partition coefficient (Wildman–Crippen LogP) is 2.23. The monoisotopic (exact) mass is 243 g/mol. The van der Waals surface area contributed by atoms with E-state index in [0.717, 1.165) is 0 Å². The van der Waals surface area contributed by atoms with E-state index < -0.39 is 6.04 Å². The van der Waals surface area contributed by atoms with Crippen molar-refractivity contribution in [3.05, 3.63) is 29.0 Å². The Labute approximate surface area is 97.8 Å². The second-order valence-electron chi connectivity index (χ2n) is 3.62. The average Bonchev–Trinajstić information content (AvgIpc) is 2.21. The third kappa shape index (κ3) is 1.85. The van der Waals surface area contributed by atoms with Crippen LogP contribution in [0.1, 0.15) is 6.42 Å². The number of anilines is 1. The molecule has 0 bridgehead atoms. The van der Waals surface area contributed by atoms with Crippen LogP contribution in [0.5, 0.6) is 0 Å². The number of carbonyl (C=O) groups excluding carboxylic acids is 1. The maximum atomic E-state index is 13.5. The van der Waals surface area contributed by atoms with Crippen molar-refractivity contribution in [2.45, 2.75) is 12.5 Å². The fraction of sp³-hybridized carbons (Fsp3) is 0.364. The van der Waals surface area contributed by atoms with Crippen LogP contribution < -0.4 is 4.90 Å². The van der Waals surface area contributed by atoms with Crippen LogP contribution >= 0.6 is 11.6 Å². The highest BCUT2D eigenvalue weighted by Gasteiger charge is 2.36. The third-order valence-corrected chi connectivity index (χ3v) is 2.95. The Bertz CT molecular complexity index is 424. The summed E-state index contributed by atoms with van der Waals surface area (Å²) in [6.45, 7) is 0.636. The molecule has 1 heterocycles. The summed E-state index contributed by atoms with van der Waals surface area (Å²) < 4.78 is 18.2. The van der Waals surface area contributed by atoms with Crippen molar-refractivity contribution in [2.24, 2.45) is 0 Å². The van der Waals surface area contributed by atoms with E-state index in [4.69, 9.17) is 11.6 Å². The number of hydrogen-bond donors (Lipinski definition) is 0. The van der Waals surface area contributed by atoms with Gasteiger partial charge in [-0.15, -0.1) is 0 Å². The van der Waals surface area contributed by atoms with Gasteiger partial charge in [0.25, 0.3) is 0 Å². The lowest BCUT2D eigenvalue weighted by atomic mass is 10.0. The van der Waals surface area contributed by atoms with Gasteiger partial charge in [-0.3, -0.25) is 0 Å². The summed E-state index contributed by atoms with van der Waals surface area (Å²) >= 11 is 5.79. The Kier molecular flexibility index (Phi) is 3.01. The summed E-state index contributed by atoms with van der Waals surface area (Å²) in [5.41, 5.74) is 0.356. The quantitative estimate of drug-likeness (QED) is 0.746. The van der Waals surface area contributed by atoms with Gasteiger partial charge < -0.3 is 9.64 Å². The number of benzene rings is 1. The molecule has 16 heavy (non-hydrogen) atoms. The highest BCUT2D eigenvalue weighted by molar-refractivity contribution is 6.30. The van der Waals surface area contributed by atoms with Gasteiger partial charge >= 0.3 is 5.97 Å². The number of rotatable bonds is 2. The molecule has 0 aliphatic carbocycles. The van der Waals surface area contributed by atoms with Gasteiger partial charge in [0, 0.05) is 11.6 Å². The summed E-state index contributed by atoms with van der Waals surface area (Å²) in [6.07, 6.45) is 0.679. The molecular formula is C11H11ClFNO2. The molecule has 1 unspecified atom stereocenters. The van der Waals surface area contributed by atoms with Crippen molar-refractivity contribution in [3.8, 4) is 0 Å². The molecule has 1 saturated heterocycles. The molecule has 1 aliphatic rings. The predicted molar refractivity (Wildman–Crippen MR) is 59.2 cm³/mol. The van der Waals surface area contributed by atoms with Crippen LogP contribution in [0, 0.1) is 5.82 Å². The topological polar surface area (TPSA) is 29.5 Å². The highest BCUT2D eigenvalue weighted by Crippen LogP contribution is 2.31. The number of methoxy groups -OCH3 is 1. The van der Waals surface area contributed by atoms with E-state index in [1.165, 1.54) is 25.3 Å². The maximum Gasteiger partial charge on any atom is 0.328 e. The summed E-state index contributed by atoms with van der Waals surface area (Å²) in [6, 6.07) is 3.90. The number of hydrogen-bond acceptors (Lipinski definition) is 3. The molecule has 1 fully saturated rings. The fourth-order valence-corrected chi connectivity index (χ4v) is 1.93. The molecule has 86 valence electrons. The number of esters is 1. The van der Waals surface area contributed by atoms with Gasteiger partial charge in [0.2, 0.25) is 0 Å². The largest absolute Gasteiger partial charge is 0.467 e. The summed E-state index contributed by atoms with van der Waals surface area (Å²) in [4.78, 5) is 13.0. The highest BCUT2D eigenvalue weighted by atomic mass is 35.5. The van der Waals surface area contributed by atoms with Gasteiger partial charge in [-0.1, -0.05) is 11.6 Å². The lowest BCUT2D eigenvalue weighted by Crippen LogP contribution is -2.53. The van der Waals surface area contributed by atoms with Crippen LogP contribution in [0.15, 0.2) is 18.2 Å². The van der Waals surface area contributed by atoms with E-state index in [1.54, 1.807) is 4.90 Å². The molecule has 1 aromatic rings. The Morgan fingerprint density at radius 1 is 1.62 bits per heavy atom. The Balaban J connectivity index is 2.24. The average molecular weight is 244 g/mol. The van der Waals surface area contributed by atoms with E-state index >= 15 is 0 Å². The molecule has 1 aliphatic heterocycles. The second-order valence-corrected chi connectivity index (χ2v) is 4.05. The van der Waals surface area contributed by atoms with Crippen LogP contribution in [0.2, 0.25) is 5.02 Å². The molecule has 3 nitrogen and oxygen atoms in total. The Morgan fingerprint density at radius 3 is 2.94 bits per heavy atom. The van der Waals surface area contributed by atoms with Crippen molar-refractivity contribution in [2.75, 3.05) is 18.6 Å². The first-order chi connectivity index (χ1) is 7.63. The van der Waals surface area contributed by atoms with Gasteiger partial charge in [-0.2, -0.15) is 0 Å². The maximum absolute atomic E-state index is 13.5. The Hall–Kier alpha value is -1.29. The van der Waals surface area contributed by atoms with Crippen LogP contribution in [0.4, 0.5) is 10.1 Å².